The predicted molar refractivity (Wildman–Crippen MR) is 117 cm³/mol. The molecular formula is C21H21F2N3O3S2. The summed E-state index contributed by atoms with van der Waals surface area (Å²) >= 11 is 2.92. The fraction of sp³-hybridized carbons (Fsp3) is 0.286. The van der Waals surface area contributed by atoms with Crippen LogP contribution in [0.2, 0.25) is 0 Å². The number of nitrogens with two attached hydrogens (primary N) is 1. The summed E-state index contributed by atoms with van der Waals surface area (Å²) in [5.41, 5.74) is 7.95. The van der Waals surface area contributed by atoms with Crippen molar-refractivity contribution in [3.05, 3.63) is 63.1 Å². The number of hydrogen-bond acceptors (Lipinski definition) is 6. The Kier molecular flexibility index (Phi) is 7.45. The topological polar surface area (TPSA) is 87.2 Å². The second-order valence-corrected chi connectivity index (χ2v) is 8.77. The first-order chi connectivity index (χ1) is 14.8. The minimum atomic E-state index is -0.665. The summed E-state index contributed by atoms with van der Waals surface area (Å²) in [6, 6.07) is 5.04. The molecule has 1 aromatic carbocycles. The van der Waals surface area contributed by atoms with Gasteiger partial charge in [0.05, 0.1) is 41.4 Å². The summed E-state index contributed by atoms with van der Waals surface area (Å²) in [4.78, 5) is 27.7. The van der Waals surface area contributed by atoms with Crippen LogP contribution in [-0.2, 0) is 22.5 Å². The second-order valence-electron chi connectivity index (χ2n) is 6.72. The van der Waals surface area contributed by atoms with Gasteiger partial charge in [-0.25, -0.2) is 13.8 Å². The van der Waals surface area contributed by atoms with Gasteiger partial charge < -0.3 is 15.0 Å². The van der Waals surface area contributed by atoms with Gasteiger partial charge in [-0.3, -0.25) is 9.59 Å². The van der Waals surface area contributed by atoms with Crippen molar-refractivity contribution in [1.29, 1.82) is 0 Å². The van der Waals surface area contributed by atoms with E-state index in [0.29, 0.717) is 34.8 Å². The smallest absolute Gasteiger partial charge is 0.315 e. The second kappa shape index (κ2) is 10.1. The van der Waals surface area contributed by atoms with Crippen LogP contribution in [-0.4, -0.2) is 40.0 Å². The van der Waals surface area contributed by atoms with Crippen LogP contribution in [0.25, 0.3) is 11.4 Å². The van der Waals surface area contributed by atoms with Gasteiger partial charge >= 0.3 is 5.97 Å². The van der Waals surface area contributed by atoms with Gasteiger partial charge in [0.15, 0.2) is 0 Å². The van der Waals surface area contributed by atoms with E-state index in [1.54, 1.807) is 17.6 Å². The average Bonchev–Trinajstić information content (AvgIpc) is 3.32. The minimum Gasteiger partial charge on any atom is -0.468 e. The number of halogens is 2. The van der Waals surface area contributed by atoms with E-state index in [1.807, 2.05) is 5.38 Å². The van der Waals surface area contributed by atoms with Crippen molar-refractivity contribution in [2.24, 2.45) is 5.73 Å². The first-order valence-corrected chi connectivity index (χ1v) is 11.4. The molecule has 0 bridgehead atoms. The molecule has 3 rings (SSSR count). The number of primary amides is 1. The first-order valence-electron chi connectivity index (χ1n) is 9.33. The maximum atomic E-state index is 14.2. The number of amides is 1. The van der Waals surface area contributed by atoms with Crippen LogP contribution < -0.4 is 5.73 Å². The Bertz CT molecular complexity index is 1110. The van der Waals surface area contributed by atoms with Crippen LogP contribution in [0.15, 0.2) is 29.6 Å². The molecule has 10 heteroatoms. The quantitative estimate of drug-likeness (QED) is 0.384. The van der Waals surface area contributed by atoms with Crippen LogP contribution >= 0.6 is 23.1 Å². The van der Waals surface area contributed by atoms with Gasteiger partial charge in [0.25, 0.3) is 5.91 Å². The summed E-state index contributed by atoms with van der Waals surface area (Å²) < 4.78 is 33.9. The number of aromatic nitrogens is 2. The molecule has 1 amide bonds. The van der Waals surface area contributed by atoms with Gasteiger partial charge in [-0.15, -0.1) is 23.1 Å². The largest absolute Gasteiger partial charge is 0.468 e. The van der Waals surface area contributed by atoms with Crippen LogP contribution in [0.3, 0.4) is 0 Å². The normalized spacial score (nSPS) is 11.0. The van der Waals surface area contributed by atoms with Gasteiger partial charge in [-0.05, 0) is 19.1 Å². The molecule has 0 aliphatic carbocycles. The number of nitrogens with zero attached hydrogens (tertiary/aromatic N) is 2. The van der Waals surface area contributed by atoms with Crippen LogP contribution in [0.4, 0.5) is 8.78 Å². The molecule has 0 saturated heterocycles. The molecule has 3 aromatic rings. The molecular weight excluding hydrogens is 444 g/mol. The molecule has 6 nitrogen and oxygen atoms in total. The van der Waals surface area contributed by atoms with E-state index in [4.69, 9.17) is 5.73 Å². The third-order valence-corrected chi connectivity index (χ3v) is 6.54. The van der Waals surface area contributed by atoms with Gasteiger partial charge in [0, 0.05) is 34.9 Å². The molecule has 0 atom stereocenters. The number of hydrogen-bond donors (Lipinski definition) is 1. The highest BCUT2D eigenvalue weighted by Gasteiger charge is 2.20. The zero-order chi connectivity index (χ0) is 22.5. The van der Waals surface area contributed by atoms with Crippen molar-refractivity contribution in [3.63, 3.8) is 0 Å². The van der Waals surface area contributed by atoms with Crippen LogP contribution in [0.1, 0.15) is 26.6 Å². The molecule has 2 aromatic heterocycles. The zero-order valence-electron chi connectivity index (χ0n) is 17.0. The zero-order valence-corrected chi connectivity index (χ0v) is 18.6. The fourth-order valence-electron chi connectivity index (χ4n) is 3.05. The summed E-state index contributed by atoms with van der Waals surface area (Å²) in [7, 11) is 1.35. The van der Waals surface area contributed by atoms with Gasteiger partial charge in [-0.2, -0.15) is 0 Å². The maximum absolute atomic E-state index is 14.2. The number of aryl methyl sites for hydroxylation is 1. The number of carbonyl (C=O) groups excluding carboxylic acids is 2. The molecule has 31 heavy (non-hydrogen) atoms. The van der Waals surface area contributed by atoms with E-state index in [2.05, 4.69) is 9.72 Å². The molecule has 0 unspecified atom stereocenters. The summed E-state index contributed by atoms with van der Waals surface area (Å²) in [6.07, 6.45) is 0.668. The van der Waals surface area contributed by atoms with E-state index < -0.39 is 17.5 Å². The first kappa shape index (κ1) is 23.0. The summed E-state index contributed by atoms with van der Waals surface area (Å²) in [5.74, 6) is -1.20. The highest BCUT2D eigenvalue weighted by atomic mass is 32.2. The average molecular weight is 466 g/mol. The summed E-state index contributed by atoms with van der Waals surface area (Å²) in [5, 5.41) is 2.73. The molecule has 164 valence electrons. The molecule has 0 radical (unpaired) electrons. The van der Waals surface area contributed by atoms with Crippen molar-refractivity contribution in [1.82, 2.24) is 9.55 Å². The lowest BCUT2D eigenvalue weighted by molar-refractivity contribution is -0.137. The van der Waals surface area contributed by atoms with Crippen molar-refractivity contribution in [2.75, 3.05) is 18.6 Å². The number of thioether (sulfide) groups is 1. The molecule has 0 fully saturated rings. The number of benzene rings is 1. The van der Waals surface area contributed by atoms with Gasteiger partial charge in [0.1, 0.15) is 11.6 Å². The predicted octanol–water partition coefficient (Wildman–Crippen LogP) is 3.79. The lowest BCUT2D eigenvalue weighted by atomic mass is 10.2. The van der Waals surface area contributed by atoms with E-state index in [0.717, 1.165) is 11.1 Å². The Morgan fingerprint density at radius 3 is 2.74 bits per heavy atom. The number of esters is 1. The van der Waals surface area contributed by atoms with Crippen LogP contribution in [0, 0.1) is 18.6 Å². The molecule has 0 spiro atoms. The highest BCUT2D eigenvalue weighted by Crippen LogP contribution is 2.29. The number of thiazole rings is 1. The Hall–Kier alpha value is -2.72. The van der Waals surface area contributed by atoms with E-state index in [9.17, 15) is 18.4 Å². The Balaban J connectivity index is 1.85. The number of carbonyl (C=O) groups is 2. The standard InChI is InChI=1S/C21H21F2N3O3S2/c1-12-15(21(24)28)8-18(26(12)9-13-3-4-14(22)7-16(13)23)17-10-31-19(25-17)5-6-30-11-20(27)29-2/h3-4,7-8,10H,5-6,9,11H2,1-2H3,(H2,24,28). The Morgan fingerprint density at radius 2 is 2.06 bits per heavy atom. The molecule has 0 aliphatic heterocycles. The van der Waals surface area contributed by atoms with Gasteiger partial charge in [0.2, 0.25) is 0 Å². The number of methoxy groups -OCH3 is 1. The lowest BCUT2D eigenvalue weighted by Gasteiger charge is -2.12. The number of rotatable bonds is 9. The monoisotopic (exact) mass is 465 g/mol. The van der Waals surface area contributed by atoms with Crippen molar-refractivity contribution < 1.29 is 23.1 Å². The molecule has 0 aliphatic rings. The number of ether oxygens (including phenoxy) is 1. The lowest BCUT2D eigenvalue weighted by Crippen LogP contribution is -2.13. The SMILES string of the molecule is COC(=O)CSCCc1nc(-c2cc(C(N)=O)c(C)n2Cc2ccc(F)cc2F)cs1. The summed E-state index contributed by atoms with van der Waals surface area (Å²) in [6.45, 7) is 1.82. The molecule has 0 saturated carbocycles. The third kappa shape index (κ3) is 5.50. The maximum Gasteiger partial charge on any atom is 0.315 e. The Labute approximate surface area is 186 Å². The van der Waals surface area contributed by atoms with E-state index >= 15 is 0 Å². The third-order valence-electron chi connectivity index (χ3n) is 4.70. The van der Waals surface area contributed by atoms with E-state index in [-0.39, 0.29) is 23.8 Å². The van der Waals surface area contributed by atoms with Crippen molar-refractivity contribution in [2.45, 2.75) is 19.9 Å². The van der Waals surface area contributed by atoms with Gasteiger partial charge in [-0.1, -0.05) is 6.07 Å². The van der Waals surface area contributed by atoms with Crippen molar-refractivity contribution >= 4 is 35.0 Å². The van der Waals surface area contributed by atoms with Crippen LogP contribution in [0.5, 0.6) is 0 Å². The molecule has 2 N–H and O–H groups in total. The van der Waals surface area contributed by atoms with Crippen molar-refractivity contribution in [3.8, 4) is 11.4 Å². The minimum absolute atomic E-state index is 0.0996. The highest BCUT2D eigenvalue weighted by molar-refractivity contribution is 7.99. The molecule has 2 heterocycles. The fourth-order valence-corrected chi connectivity index (χ4v) is 4.74. The van der Waals surface area contributed by atoms with E-state index in [1.165, 1.54) is 42.3 Å². The Morgan fingerprint density at radius 1 is 1.29 bits per heavy atom.